The van der Waals surface area contributed by atoms with Gasteiger partial charge in [-0.25, -0.2) is 18.2 Å². The lowest BCUT2D eigenvalue weighted by Crippen LogP contribution is -2.28. The predicted molar refractivity (Wildman–Crippen MR) is 129 cm³/mol. The lowest BCUT2D eigenvalue weighted by atomic mass is 9.95. The number of allylic oxidation sites excluding steroid dienone is 2. The Balaban J connectivity index is 1.85. The van der Waals surface area contributed by atoms with Crippen LogP contribution in [0.25, 0.3) is 16.7 Å². The van der Waals surface area contributed by atoms with Crippen LogP contribution in [0.4, 0.5) is 0 Å². The van der Waals surface area contributed by atoms with Crippen molar-refractivity contribution in [3.63, 3.8) is 0 Å². The van der Waals surface area contributed by atoms with Crippen LogP contribution in [0.3, 0.4) is 0 Å². The largest absolute Gasteiger partial charge is 0.493 e. The molecule has 8 nitrogen and oxygen atoms in total. The molecular weight excluding hydrogens is 442 g/mol. The molecule has 0 unspecified atom stereocenters. The molecule has 176 valence electrons. The van der Waals surface area contributed by atoms with Crippen LogP contribution in [0, 0.1) is 0 Å². The summed E-state index contributed by atoms with van der Waals surface area (Å²) < 4.78 is 37.1. The highest BCUT2D eigenvalue weighted by atomic mass is 32.2. The first-order valence-electron chi connectivity index (χ1n) is 11.1. The third kappa shape index (κ3) is 4.98. The second-order valence-corrected chi connectivity index (χ2v) is 10.5. The Labute approximate surface area is 193 Å². The Morgan fingerprint density at radius 1 is 1.21 bits per heavy atom. The minimum Gasteiger partial charge on any atom is -0.493 e. The van der Waals surface area contributed by atoms with Gasteiger partial charge in [0, 0.05) is 12.5 Å². The molecule has 1 aliphatic rings. The smallest absolute Gasteiger partial charge is 0.328 e. The zero-order chi connectivity index (χ0) is 23.6. The number of sulfone groups is 1. The van der Waals surface area contributed by atoms with Crippen molar-refractivity contribution >= 4 is 26.6 Å². The van der Waals surface area contributed by atoms with Crippen LogP contribution >= 0.6 is 0 Å². The number of aromatic nitrogens is 3. The first kappa shape index (κ1) is 23.1. The van der Waals surface area contributed by atoms with E-state index in [0.717, 1.165) is 31.1 Å². The molecule has 1 aliphatic carbocycles. The molecule has 0 radical (unpaired) electrons. The van der Waals surface area contributed by atoms with E-state index in [1.54, 1.807) is 31.5 Å². The fraction of sp³-hybridized carbons (Fsp3) is 0.417. The Hall–Kier alpha value is -3.07. The molecule has 0 aliphatic heterocycles. The number of hydrogen-bond acceptors (Lipinski definition) is 6. The predicted octanol–water partition coefficient (Wildman–Crippen LogP) is 3.72. The molecule has 2 aromatic heterocycles. The highest BCUT2D eigenvalue weighted by molar-refractivity contribution is 7.90. The van der Waals surface area contributed by atoms with E-state index in [4.69, 9.17) is 9.47 Å². The molecule has 0 fully saturated rings. The molecule has 0 saturated carbocycles. The summed E-state index contributed by atoms with van der Waals surface area (Å²) in [6, 6.07) is 6.35. The standard InChI is InChI=1S/C24H29N3O5S/c1-4-32-22-13-17(10-11-21(22)31-2)20(15-33(3,29)30)27-23-19(26-24(27)28)12-18(14-25-23)16-8-6-5-7-9-16/h8,10-14,20H,4-7,9,15H2,1-3H3,(H,26,28)/t20-/m1/s1. The van der Waals surface area contributed by atoms with Crippen LogP contribution < -0.4 is 15.2 Å². The molecule has 0 bridgehead atoms. The zero-order valence-corrected chi connectivity index (χ0v) is 19.9. The number of fused-ring (bicyclic) bond motifs is 1. The third-order valence-electron chi connectivity index (χ3n) is 5.86. The quantitative estimate of drug-likeness (QED) is 0.537. The number of nitrogens with zero attached hydrogens (tertiary/aromatic N) is 2. The molecule has 0 spiro atoms. The summed E-state index contributed by atoms with van der Waals surface area (Å²) in [4.78, 5) is 20.5. The second-order valence-electron chi connectivity index (χ2n) is 8.32. The first-order chi connectivity index (χ1) is 15.8. The average Bonchev–Trinajstić information content (AvgIpc) is 3.12. The van der Waals surface area contributed by atoms with Gasteiger partial charge in [-0.3, -0.25) is 4.57 Å². The second kappa shape index (κ2) is 9.43. The molecule has 1 atom stereocenters. The topological polar surface area (TPSA) is 103 Å². The summed E-state index contributed by atoms with van der Waals surface area (Å²) in [6.07, 6.45) is 9.50. The van der Waals surface area contributed by atoms with E-state index in [1.165, 1.54) is 16.6 Å². The van der Waals surface area contributed by atoms with Gasteiger partial charge < -0.3 is 14.5 Å². The Morgan fingerprint density at radius 3 is 2.70 bits per heavy atom. The van der Waals surface area contributed by atoms with Gasteiger partial charge in [0.05, 0.1) is 31.0 Å². The van der Waals surface area contributed by atoms with Gasteiger partial charge in [-0.1, -0.05) is 12.1 Å². The van der Waals surface area contributed by atoms with Gasteiger partial charge in [0.1, 0.15) is 9.84 Å². The molecule has 1 N–H and O–H groups in total. The molecule has 3 aromatic rings. The van der Waals surface area contributed by atoms with Crippen LogP contribution in [0.2, 0.25) is 0 Å². The first-order valence-corrected chi connectivity index (χ1v) is 13.1. The SMILES string of the molecule is CCOc1cc([C@@H](CS(C)(=O)=O)n2c(=O)[nH]c3cc(C4=CCCCC4)cnc32)ccc1OC. The number of H-pyrrole nitrogens is 1. The van der Waals surface area contributed by atoms with E-state index in [0.29, 0.717) is 34.8 Å². The maximum Gasteiger partial charge on any atom is 0.328 e. The van der Waals surface area contributed by atoms with Gasteiger partial charge in [0.2, 0.25) is 0 Å². The Bertz CT molecular complexity index is 1350. The summed E-state index contributed by atoms with van der Waals surface area (Å²) in [5.74, 6) is 0.767. The van der Waals surface area contributed by atoms with Gasteiger partial charge in [0.15, 0.2) is 17.1 Å². The number of ether oxygens (including phenoxy) is 2. The van der Waals surface area contributed by atoms with Crippen LogP contribution in [-0.2, 0) is 9.84 Å². The van der Waals surface area contributed by atoms with Crippen molar-refractivity contribution in [3.05, 3.63) is 58.1 Å². The van der Waals surface area contributed by atoms with Crippen molar-refractivity contribution in [3.8, 4) is 11.5 Å². The molecule has 2 heterocycles. The van der Waals surface area contributed by atoms with Crippen molar-refractivity contribution in [2.45, 2.75) is 38.6 Å². The molecule has 9 heteroatoms. The lowest BCUT2D eigenvalue weighted by molar-refractivity contribution is 0.310. The van der Waals surface area contributed by atoms with E-state index in [9.17, 15) is 13.2 Å². The summed E-state index contributed by atoms with van der Waals surface area (Å²) >= 11 is 0. The van der Waals surface area contributed by atoms with Crippen molar-refractivity contribution in [2.75, 3.05) is 25.7 Å². The van der Waals surface area contributed by atoms with Crippen LogP contribution in [-0.4, -0.2) is 48.7 Å². The summed E-state index contributed by atoms with van der Waals surface area (Å²) in [7, 11) is -1.89. The minimum absolute atomic E-state index is 0.258. The van der Waals surface area contributed by atoms with Crippen molar-refractivity contribution in [2.24, 2.45) is 0 Å². The maximum absolute atomic E-state index is 13.1. The van der Waals surface area contributed by atoms with Gasteiger partial charge in [-0.05, 0) is 67.5 Å². The normalized spacial score (nSPS) is 15.3. The summed E-state index contributed by atoms with van der Waals surface area (Å²) in [5.41, 5.74) is 3.43. The minimum atomic E-state index is -3.43. The molecule has 0 saturated heterocycles. The van der Waals surface area contributed by atoms with Crippen molar-refractivity contribution in [1.82, 2.24) is 14.5 Å². The van der Waals surface area contributed by atoms with Gasteiger partial charge in [-0.15, -0.1) is 0 Å². The maximum atomic E-state index is 13.1. The Morgan fingerprint density at radius 2 is 2.03 bits per heavy atom. The van der Waals surface area contributed by atoms with Crippen LogP contribution in [0.15, 0.2) is 41.3 Å². The van der Waals surface area contributed by atoms with Gasteiger partial charge in [0.25, 0.3) is 0 Å². The lowest BCUT2D eigenvalue weighted by Gasteiger charge is -2.20. The molecule has 4 rings (SSSR count). The van der Waals surface area contributed by atoms with E-state index < -0.39 is 21.6 Å². The van der Waals surface area contributed by atoms with Gasteiger partial charge in [-0.2, -0.15) is 0 Å². The number of methoxy groups -OCH3 is 1. The van der Waals surface area contributed by atoms with Crippen molar-refractivity contribution < 1.29 is 17.9 Å². The van der Waals surface area contributed by atoms with Crippen LogP contribution in [0.5, 0.6) is 11.5 Å². The monoisotopic (exact) mass is 471 g/mol. The zero-order valence-electron chi connectivity index (χ0n) is 19.1. The van der Waals surface area contributed by atoms with Crippen LogP contribution in [0.1, 0.15) is 49.8 Å². The number of aromatic amines is 1. The van der Waals surface area contributed by atoms with E-state index >= 15 is 0 Å². The summed E-state index contributed by atoms with van der Waals surface area (Å²) in [5, 5.41) is 0. The van der Waals surface area contributed by atoms with Crippen molar-refractivity contribution in [1.29, 1.82) is 0 Å². The molecule has 1 aromatic carbocycles. The fourth-order valence-corrected chi connectivity index (χ4v) is 5.27. The highest BCUT2D eigenvalue weighted by Crippen LogP contribution is 2.33. The fourth-order valence-electron chi connectivity index (χ4n) is 4.35. The Kier molecular flexibility index (Phi) is 6.60. The molecule has 0 amide bonds. The molecular formula is C24H29N3O5S. The summed E-state index contributed by atoms with van der Waals surface area (Å²) in [6.45, 7) is 2.28. The number of hydrogen-bond donors (Lipinski definition) is 1. The highest BCUT2D eigenvalue weighted by Gasteiger charge is 2.26. The van der Waals surface area contributed by atoms with E-state index in [2.05, 4.69) is 16.0 Å². The number of nitrogens with one attached hydrogen (secondary N) is 1. The van der Waals surface area contributed by atoms with E-state index in [-0.39, 0.29) is 5.75 Å². The average molecular weight is 472 g/mol. The third-order valence-corrected chi connectivity index (χ3v) is 6.78. The number of pyridine rings is 1. The van der Waals surface area contributed by atoms with Gasteiger partial charge >= 0.3 is 5.69 Å². The molecule has 33 heavy (non-hydrogen) atoms. The number of imidazole rings is 1. The van der Waals surface area contributed by atoms with E-state index in [1.807, 2.05) is 13.0 Å². The number of rotatable bonds is 8. The number of benzene rings is 1.